The number of halogens is 1. The van der Waals surface area contributed by atoms with Gasteiger partial charge >= 0.3 is 0 Å². The zero-order chi connectivity index (χ0) is 10.4. The molecule has 1 N–H and O–H groups in total. The van der Waals surface area contributed by atoms with E-state index in [9.17, 15) is 4.79 Å². The fraction of sp³-hybridized carbons (Fsp3) is 0.571. The number of carbonyl (C=O) groups excluding carboxylic acids is 1. The third kappa shape index (κ3) is 3.69. The molecular formula is C7H10BrN3O2S. The van der Waals surface area contributed by atoms with Gasteiger partial charge in [-0.1, -0.05) is 20.4 Å². The Kier molecular flexibility index (Phi) is 4.99. The number of alkyl halides is 1. The quantitative estimate of drug-likeness (QED) is 0.805. The molecular weight excluding hydrogens is 270 g/mol. The number of aromatic nitrogens is 2. The van der Waals surface area contributed by atoms with Crippen LogP contribution in [0.5, 0.6) is 0 Å². The number of rotatable bonds is 5. The molecule has 0 fully saturated rings. The second-order valence-corrected chi connectivity index (χ2v) is 4.63. The molecule has 14 heavy (non-hydrogen) atoms. The number of hydrogen-bond donors (Lipinski definition) is 1. The predicted octanol–water partition coefficient (Wildman–Crippen LogP) is 0.678. The molecule has 0 saturated carbocycles. The fourth-order valence-electron chi connectivity index (χ4n) is 0.798. The maximum Gasteiger partial charge on any atom is 0.264 e. The standard InChI is InChI=1S/C7H10BrN3O2S/c1-13-4-5(8)2-9-7(12)6-3-10-11-14-6/h3,5H,2,4H2,1H3,(H,9,12). The van der Waals surface area contributed by atoms with E-state index in [0.29, 0.717) is 18.0 Å². The molecule has 1 rings (SSSR count). The first-order valence-electron chi connectivity index (χ1n) is 3.92. The molecule has 0 bridgehead atoms. The van der Waals surface area contributed by atoms with Crippen LogP contribution >= 0.6 is 27.5 Å². The van der Waals surface area contributed by atoms with Crippen LogP contribution in [-0.2, 0) is 4.74 Å². The van der Waals surface area contributed by atoms with E-state index in [1.165, 1.54) is 6.20 Å². The van der Waals surface area contributed by atoms with Crippen molar-refractivity contribution in [3.8, 4) is 0 Å². The summed E-state index contributed by atoms with van der Waals surface area (Å²) in [6, 6.07) is 0. The van der Waals surface area contributed by atoms with Crippen molar-refractivity contribution in [1.29, 1.82) is 0 Å². The van der Waals surface area contributed by atoms with E-state index >= 15 is 0 Å². The fourth-order valence-corrected chi connectivity index (χ4v) is 1.66. The summed E-state index contributed by atoms with van der Waals surface area (Å²) in [5.74, 6) is -0.152. The van der Waals surface area contributed by atoms with Crippen LogP contribution in [0.2, 0.25) is 0 Å². The minimum atomic E-state index is -0.152. The summed E-state index contributed by atoms with van der Waals surface area (Å²) < 4.78 is 8.51. The topological polar surface area (TPSA) is 64.1 Å². The number of nitrogens with one attached hydrogen (secondary N) is 1. The average molecular weight is 280 g/mol. The van der Waals surface area contributed by atoms with Gasteiger partial charge in [0.05, 0.1) is 17.6 Å². The highest BCUT2D eigenvalue weighted by Crippen LogP contribution is 2.02. The van der Waals surface area contributed by atoms with Gasteiger partial charge < -0.3 is 10.1 Å². The van der Waals surface area contributed by atoms with Gasteiger partial charge in [-0.2, -0.15) is 0 Å². The highest BCUT2D eigenvalue weighted by Gasteiger charge is 2.10. The smallest absolute Gasteiger partial charge is 0.264 e. The first-order chi connectivity index (χ1) is 6.74. The molecule has 7 heteroatoms. The normalized spacial score (nSPS) is 12.4. The predicted molar refractivity (Wildman–Crippen MR) is 56.8 cm³/mol. The number of carbonyl (C=O) groups is 1. The van der Waals surface area contributed by atoms with Crippen LogP contribution in [0.1, 0.15) is 9.67 Å². The van der Waals surface area contributed by atoms with Gasteiger partial charge in [-0.05, 0) is 11.5 Å². The monoisotopic (exact) mass is 279 g/mol. The molecule has 0 aliphatic rings. The molecule has 1 aromatic heterocycles. The number of amides is 1. The average Bonchev–Trinajstić information content (AvgIpc) is 2.67. The van der Waals surface area contributed by atoms with Crippen molar-refractivity contribution in [2.24, 2.45) is 0 Å². The molecule has 0 spiro atoms. The van der Waals surface area contributed by atoms with Crippen molar-refractivity contribution in [2.45, 2.75) is 4.83 Å². The second-order valence-electron chi connectivity index (χ2n) is 2.54. The Morgan fingerprint density at radius 2 is 2.64 bits per heavy atom. The van der Waals surface area contributed by atoms with Crippen molar-refractivity contribution in [1.82, 2.24) is 14.9 Å². The third-order valence-corrected chi connectivity index (χ3v) is 2.67. The number of hydrogen-bond acceptors (Lipinski definition) is 5. The molecule has 1 amide bonds. The molecule has 78 valence electrons. The van der Waals surface area contributed by atoms with E-state index in [1.807, 2.05) is 0 Å². The molecule has 1 aromatic rings. The molecule has 0 aliphatic heterocycles. The Morgan fingerprint density at radius 3 is 3.21 bits per heavy atom. The Hall–Kier alpha value is -0.530. The Labute approximate surface area is 94.1 Å². The SMILES string of the molecule is COCC(Br)CNC(=O)c1cnns1. The molecule has 1 unspecified atom stereocenters. The van der Waals surface area contributed by atoms with Gasteiger partial charge in [0.1, 0.15) is 4.88 Å². The first-order valence-corrected chi connectivity index (χ1v) is 5.61. The van der Waals surface area contributed by atoms with Crippen LogP contribution in [-0.4, -0.2) is 40.6 Å². The van der Waals surface area contributed by atoms with Crippen LogP contribution in [0.4, 0.5) is 0 Å². The maximum absolute atomic E-state index is 11.4. The van der Waals surface area contributed by atoms with Gasteiger partial charge in [-0.25, -0.2) is 0 Å². The van der Waals surface area contributed by atoms with Gasteiger partial charge in [0, 0.05) is 13.7 Å². The van der Waals surface area contributed by atoms with Crippen molar-refractivity contribution in [2.75, 3.05) is 20.3 Å². The summed E-state index contributed by atoms with van der Waals surface area (Å²) in [5.41, 5.74) is 0. The van der Waals surface area contributed by atoms with E-state index in [2.05, 4.69) is 30.8 Å². The van der Waals surface area contributed by atoms with Gasteiger partial charge in [-0.15, -0.1) is 5.10 Å². The van der Waals surface area contributed by atoms with Crippen molar-refractivity contribution in [3.05, 3.63) is 11.1 Å². The minimum absolute atomic E-state index is 0.123. The molecule has 0 aliphatic carbocycles. The summed E-state index contributed by atoms with van der Waals surface area (Å²) in [4.78, 5) is 12.0. The van der Waals surface area contributed by atoms with E-state index in [0.717, 1.165) is 11.5 Å². The van der Waals surface area contributed by atoms with Crippen molar-refractivity contribution >= 4 is 33.4 Å². The summed E-state index contributed by atoms with van der Waals surface area (Å²) in [6.07, 6.45) is 1.44. The van der Waals surface area contributed by atoms with Crippen LogP contribution in [0, 0.1) is 0 Å². The summed E-state index contributed by atoms with van der Waals surface area (Å²) in [7, 11) is 1.61. The minimum Gasteiger partial charge on any atom is -0.383 e. The molecule has 0 radical (unpaired) electrons. The first kappa shape index (κ1) is 11.5. The van der Waals surface area contributed by atoms with E-state index in [1.54, 1.807) is 7.11 Å². The molecule has 1 heterocycles. The van der Waals surface area contributed by atoms with Crippen LogP contribution in [0.3, 0.4) is 0 Å². The largest absolute Gasteiger partial charge is 0.383 e. The highest BCUT2D eigenvalue weighted by atomic mass is 79.9. The second kappa shape index (κ2) is 6.05. The number of methoxy groups -OCH3 is 1. The number of ether oxygens (including phenoxy) is 1. The molecule has 0 aromatic carbocycles. The third-order valence-electron chi connectivity index (χ3n) is 1.42. The summed E-state index contributed by atoms with van der Waals surface area (Å²) >= 11 is 4.44. The van der Waals surface area contributed by atoms with Gasteiger partial charge in [0.15, 0.2) is 0 Å². The lowest BCUT2D eigenvalue weighted by Crippen LogP contribution is -2.30. The lowest BCUT2D eigenvalue weighted by atomic mass is 10.4. The van der Waals surface area contributed by atoms with Gasteiger partial charge in [0.2, 0.25) is 0 Å². The highest BCUT2D eigenvalue weighted by molar-refractivity contribution is 9.09. The van der Waals surface area contributed by atoms with E-state index < -0.39 is 0 Å². The lowest BCUT2D eigenvalue weighted by molar-refractivity contribution is 0.0954. The van der Waals surface area contributed by atoms with Gasteiger partial charge in [-0.3, -0.25) is 4.79 Å². The van der Waals surface area contributed by atoms with Gasteiger partial charge in [0.25, 0.3) is 5.91 Å². The van der Waals surface area contributed by atoms with Crippen molar-refractivity contribution < 1.29 is 9.53 Å². The molecule has 1 atom stereocenters. The zero-order valence-corrected chi connectivity index (χ0v) is 9.97. The lowest BCUT2D eigenvalue weighted by Gasteiger charge is -2.08. The molecule has 5 nitrogen and oxygen atoms in total. The van der Waals surface area contributed by atoms with E-state index in [4.69, 9.17) is 4.74 Å². The van der Waals surface area contributed by atoms with Crippen molar-refractivity contribution in [3.63, 3.8) is 0 Å². The zero-order valence-electron chi connectivity index (χ0n) is 7.57. The number of nitrogens with zero attached hydrogens (tertiary/aromatic N) is 2. The van der Waals surface area contributed by atoms with Crippen LogP contribution in [0.15, 0.2) is 6.20 Å². The summed E-state index contributed by atoms with van der Waals surface area (Å²) in [5, 5.41) is 6.31. The van der Waals surface area contributed by atoms with Crippen LogP contribution < -0.4 is 5.32 Å². The van der Waals surface area contributed by atoms with Crippen LogP contribution in [0.25, 0.3) is 0 Å². The Morgan fingerprint density at radius 1 is 1.86 bits per heavy atom. The Balaban J connectivity index is 2.28. The molecule has 0 saturated heterocycles. The van der Waals surface area contributed by atoms with E-state index in [-0.39, 0.29) is 10.7 Å². The Bertz CT molecular complexity index is 280. The maximum atomic E-state index is 11.4. The summed E-state index contributed by atoms with van der Waals surface area (Å²) in [6.45, 7) is 1.08.